The van der Waals surface area contributed by atoms with E-state index in [-0.39, 0.29) is 11.8 Å². The Morgan fingerprint density at radius 1 is 1.35 bits per heavy atom. The zero-order chi connectivity index (χ0) is 11.8. The number of nitrogens with one attached hydrogen (secondary N) is 1. The molecule has 1 aromatic carbocycles. The summed E-state index contributed by atoms with van der Waals surface area (Å²) in [4.78, 5) is 11.9. The Hall–Kier alpha value is -1.74. The van der Waals surface area contributed by atoms with Gasteiger partial charge >= 0.3 is 0 Å². The van der Waals surface area contributed by atoms with Crippen LogP contribution in [0.1, 0.15) is 17.2 Å². The summed E-state index contributed by atoms with van der Waals surface area (Å²) in [7, 11) is 0. The smallest absolute Gasteiger partial charge is 0.232 e. The van der Waals surface area contributed by atoms with Crippen LogP contribution in [-0.4, -0.2) is 5.91 Å². The Kier molecular flexibility index (Phi) is 2.41. The predicted molar refractivity (Wildman–Crippen MR) is 65.2 cm³/mol. The van der Waals surface area contributed by atoms with E-state index in [4.69, 9.17) is 16.0 Å². The molecule has 17 heavy (non-hydrogen) atoms. The molecular formula is C13H10ClNO2. The first-order chi connectivity index (χ1) is 8.24. The fourth-order valence-corrected chi connectivity index (χ4v) is 2.31. The van der Waals surface area contributed by atoms with Crippen LogP contribution in [0.2, 0.25) is 5.02 Å². The van der Waals surface area contributed by atoms with Gasteiger partial charge in [0.1, 0.15) is 5.76 Å². The van der Waals surface area contributed by atoms with Crippen LogP contribution in [0.3, 0.4) is 0 Å². The lowest BCUT2D eigenvalue weighted by Crippen LogP contribution is -2.13. The zero-order valence-corrected chi connectivity index (χ0v) is 9.70. The molecule has 0 spiro atoms. The van der Waals surface area contributed by atoms with Crippen LogP contribution in [-0.2, 0) is 11.2 Å². The normalized spacial score (nSPS) is 17.9. The summed E-state index contributed by atoms with van der Waals surface area (Å²) in [6, 6.07) is 9.13. The van der Waals surface area contributed by atoms with E-state index >= 15 is 0 Å². The van der Waals surface area contributed by atoms with Gasteiger partial charge in [-0.3, -0.25) is 4.79 Å². The molecule has 1 unspecified atom stereocenters. The van der Waals surface area contributed by atoms with Gasteiger partial charge in [0.05, 0.1) is 12.2 Å². The highest BCUT2D eigenvalue weighted by atomic mass is 35.5. The number of benzene rings is 1. The molecule has 86 valence electrons. The molecule has 0 fully saturated rings. The molecule has 3 nitrogen and oxygen atoms in total. The van der Waals surface area contributed by atoms with E-state index in [1.54, 1.807) is 12.3 Å². The van der Waals surface area contributed by atoms with E-state index in [2.05, 4.69) is 5.32 Å². The lowest BCUT2D eigenvalue weighted by Gasteiger charge is -2.06. The molecule has 4 heteroatoms. The Morgan fingerprint density at radius 3 is 3.00 bits per heavy atom. The quantitative estimate of drug-likeness (QED) is 0.885. The number of amides is 1. The Bertz CT molecular complexity index is 563. The average Bonchev–Trinajstić information content (AvgIpc) is 2.90. The average molecular weight is 248 g/mol. The lowest BCUT2D eigenvalue weighted by molar-refractivity contribution is -0.117. The number of carbonyl (C=O) groups excluding carboxylic acids is 1. The standard InChI is InChI=1S/C13H10ClNO2/c14-8-3-4-12-10(6-8)11(13(16)15-12)7-9-2-1-5-17-9/h1-6,11H,7H2,(H,15,16). The van der Waals surface area contributed by atoms with Crippen molar-refractivity contribution in [3.8, 4) is 0 Å². The molecule has 0 saturated carbocycles. The number of furan rings is 1. The van der Waals surface area contributed by atoms with Crippen LogP contribution in [0.25, 0.3) is 0 Å². The second-order valence-electron chi connectivity index (χ2n) is 4.06. The Balaban J connectivity index is 1.96. The number of carbonyl (C=O) groups is 1. The van der Waals surface area contributed by atoms with Crippen molar-refractivity contribution < 1.29 is 9.21 Å². The second-order valence-corrected chi connectivity index (χ2v) is 4.49. The number of anilines is 1. The molecular weight excluding hydrogens is 238 g/mol. The molecule has 1 amide bonds. The SMILES string of the molecule is O=C1Nc2ccc(Cl)cc2C1Cc1ccco1. The number of fused-ring (bicyclic) bond motifs is 1. The summed E-state index contributed by atoms with van der Waals surface area (Å²) in [5.74, 6) is 0.589. The fraction of sp³-hybridized carbons (Fsp3) is 0.154. The van der Waals surface area contributed by atoms with Gasteiger partial charge in [0, 0.05) is 17.1 Å². The predicted octanol–water partition coefficient (Wildman–Crippen LogP) is 3.21. The maximum absolute atomic E-state index is 11.9. The van der Waals surface area contributed by atoms with Crippen molar-refractivity contribution in [1.29, 1.82) is 0 Å². The number of hydrogen-bond donors (Lipinski definition) is 1. The molecule has 0 aliphatic carbocycles. The maximum atomic E-state index is 11.9. The molecule has 0 saturated heterocycles. The number of rotatable bonds is 2. The van der Waals surface area contributed by atoms with E-state index in [0.29, 0.717) is 11.4 Å². The van der Waals surface area contributed by atoms with Gasteiger partial charge < -0.3 is 9.73 Å². The lowest BCUT2D eigenvalue weighted by atomic mass is 9.96. The van der Waals surface area contributed by atoms with Crippen LogP contribution >= 0.6 is 11.6 Å². The third-order valence-corrected chi connectivity index (χ3v) is 3.18. The van der Waals surface area contributed by atoms with E-state index < -0.39 is 0 Å². The van der Waals surface area contributed by atoms with Crippen molar-refractivity contribution in [1.82, 2.24) is 0 Å². The van der Waals surface area contributed by atoms with Crippen molar-refractivity contribution in [3.63, 3.8) is 0 Å². The van der Waals surface area contributed by atoms with Crippen molar-refractivity contribution in [2.24, 2.45) is 0 Å². The Morgan fingerprint density at radius 2 is 2.24 bits per heavy atom. The van der Waals surface area contributed by atoms with E-state index in [9.17, 15) is 4.79 Å². The number of hydrogen-bond acceptors (Lipinski definition) is 2. The third-order valence-electron chi connectivity index (χ3n) is 2.95. The molecule has 2 heterocycles. The van der Waals surface area contributed by atoms with Crippen molar-refractivity contribution >= 4 is 23.2 Å². The largest absolute Gasteiger partial charge is 0.469 e. The van der Waals surface area contributed by atoms with Crippen LogP contribution in [0.15, 0.2) is 41.0 Å². The van der Waals surface area contributed by atoms with Gasteiger partial charge in [0.2, 0.25) is 5.91 Å². The summed E-state index contributed by atoms with van der Waals surface area (Å²) >= 11 is 5.96. The highest BCUT2D eigenvalue weighted by molar-refractivity contribution is 6.31. The van der Waals surface area contributed by atoms with E-state index in [0.717, 1.165) is 17.0 Å². The summed E-state index contributed by atoms with van der Waals surface area (Å²) < 4.78 is 5.28. The molecule has 0 bridgehead atoms. The monoisotopic (exact) mass is 247 g/mol. The molecule has 1 aliphatic rings. The fourth-order valence-electron chi connectivity index (χ4n) is 2.13. The summed E-state index contributed by atoms with van der Waals surface area (Å²) in [6.45, 7) is 0. The summed E-state index contributed by atoms with van der Waals surface area (Å²) in [6.07, 6.45) is 2.17. The summed E-state index contributed by atoms with van der Waals surface area (Å²) in [5, 5.41) is 3.49. The van der Waals surface area contributed by atoms with Gasteiger partial charge in [-0.1, -0.05) is 11.6 Å². The molecule has 2 aromatic rings. The molecule has 0 radical (unpaired) electrons. The van der Waals surface area contributed by atoms with Gasteiger partial charge in [-0.15, -0.1) is 0 Å². The van der Waals surface area contributed by atoms with E-state index in [1.807, 2.05) is 24.3 Å². The van der Waals surface area contributed by atoms with Gasteiger partial charge in [0.25, 0.3) is 0 Å². The van der Waals surface area contributed by atoms with Crippen LogP contribution in [0.4, 0.5) is 5.69 Å². The van der Waals surface area contributed by atoms with Gasteiger partial charge in [-0.2, -0.15) is 0 Å². The molecule has 1 aliphatic heterocycles. The summed E-state index contributed by atoms with van der Waals surface area (Å²) in [5.41, 5.74) is 1.79. The maximum Gasteiger partial charge on any atom is 0.232 e. The first-order valence-corrected chi connectivity index (χ1v) is 5.74. The minimum atomic E-state index is -0.213. The van der Waals surface area contributed by atoms with E-state index in [1.165, 1.54) is 0 Å². The zero-order valence-electron chi connectivity index (χ0n) is 8.94. The first-order valence-electron chi connectivity index (χ1n) is 5.37. The van der Waals surface area contributed by atoms with Gasteiger partial charge in [-0.25, -0.2) is 0 Å². The van der Waals surface area contributed by atoms with Crippen LogP contribution < -0.4 is 5.32 Å². The van der Waals surface area contributed by atoms with Gasteiger partial charge in [0.15, 0.2) is 0 Å². The number of halogens is 1. The second kappa shape index (κ2) is 3.93. The molecule has 1 atom stereocenters. The minimum Gasteiger partial charge on any atom is -0.469 e. The highest BCUT2D eigenvalue weighted by Crippen LogP contribution is 2.36. The highest BCUT2D eigenvalue weighted by Gasteiger charge is 2.31. The van der Waals surface area contributed by atoms with Gasteiger partial charge in [-0.05, 0) is 35.9 Å². The van der Waals surface area contributed by atoms with Crippen LogP contribution in [0, 0.1) is 0 Å². The van der Waals surface area contributed by atoms with Crippen molar-refractivity contribution in [2.45, 2.75) is 12.3 Å². The molecule has 3 rings (SSSR count). The third kappa shape index (κ3) is 1.83. The minimum absolute atomic E-state index is 0.00123. The topological polar surface area (TPSA) is 42.2 Å². The first kappa shape index (κ1) is 10.4. The van der Waals surface area contributed by atoms with Crippen molar-refractivity contribution in [2.75, 3.05) is 5.32 Å². The molecule has 1 N–H and O–H groups in total. The van der Waals surface area contributed by atoms with Crippen molar-refractivity contribution in [3.05, 3.63) is 52.9 Å². The van der Waals surface area contributed by atoms with Crippen LogP contribution in [0.5, 0.6) is 0 Å². The Labute approximate surface area is 103 Å². The molecule has 1 aromatic heterocycles.